The van der Waals surface area contributed by atoms with Gasteiger partial charge in [-0.25, -0.2) is 4.79 Å². The summed E-state index contributed by atoms with van der Waals surface area (Å²) >= 11 is 0. The van der Waals surface area contributed by atoms with E-state index in [0.717, 1.165) is 0 Å². The van der Waals surface area contributed by atoms with Gasteiger partial charge in [0.1, 0.15) is 6.04 Å². The van der Waals surface area contributed by atoms with Crippen molar-refractivity contribution in [3.63, 3.8) is 0 Å². The van der Waals surface area contributed by atoms with E-state index in [1.165, 1.54) is 0 Å². The van der Waals surface area contributed by atoms with Crippen molar-refractivity contribution in [2.45, 2.75) is 19.4 Å². The molecule has 0 aromatic carbocycles. The fraction of sp³-hybridized carbons (Fsp3) is 0.667. The van der Waals surface area contributed by atoms with Crippen molar-refractivity contribution >= 4 is 11.9 Å². The van der Waals surface area contributed by atoms with Gasteiger partial charge in [-0.1, -0.05) is 6.92 Å². The van der Waals surface area contributed by atoms with Gasteiger partial charge >= 0.3 is 5.97 Å². The highest BCUT2D eigenvalue weighted by molar-refractivity contribution is 5.88. The Morgan fingerprint density at radius 3 is 2.60 bits per heavy atom. The summed E-state index contributed by atoms with van der Waals surface area (Å²) in [5.41, 5.74) is 0. The van der Waals surface area contributed by atoms with Crippen LogP contribution in [0.5, 0.6) is 0 Å². The maximum atomic E-state index is 10.7. The zero-order chi connectivity index (χ0) is 7.72. The lowest BCUT2D eigenvalue weighted by molar-refractivity contribution is -0.140. The van der Waals surface area contributed by atoms with E-state index in [9.17, 15) is 9.59 Å². The molecule has 4 nitrogen and oxygen atoms in total. The standard InChI is InChI=1S/C6H9NO3/c1-3-2-4(6(9)10)7-5(3)8/h3-4H,2H2,1H3,(H,7,8)(H,9,10)/t3-,4-/m0/s1. The van der Waals surface area contributed by atoms with Crippen LogP contribution in [-0.2, 0) is 9.59 Å². The van der Waals surface area contributed by atoms with Gasteiger partial charge in [-0.2, -0.15) is 0 Å². The number of nitrogens with one attached hydrogen (secondary N) is 1. The van der Waals surface area contributed by atoms with Crippen LogP contribution in [0.25, 0.3) is 0 Å². The van der Waals surface area contributed by atoms with Gasteiger partial charge in [-0.15, -0.1) is 0 Å². The van der Waals surface area contributed by atoms with Crippen LogP contribution in [-0.4, -0.2) is 23.0 Å². The van der Waals surface area contributed by atoms with Gasteiger partial charge in [0.05, 0.1) is 0 Å². The maximum absolute atomic E-state index is 10.7. The molecule has 4 heteroatoms. The number of hydrogen-bond donors (Lipinski definition) is 2. The highest BCUT2D eigenvalue weighted by Gasteiger charge is 2.32. The van der Waals surface area contributed by atoms with Crippen LogP contribution in [0, 0.1) is 5.92 Å². The predicted octanol–water partition coefficient (Wildman–Crippen LogP) is -0.404. The van der Waals surface area contributed by atoms with Crippen LogP contribution in [0.1, 0.15) is 13.3 Å². The minimum Gasteiger partial charge on any atom is -0.480 e. The first-order chi connectivity index (χ1) is 4.61. The van der Waals surface area contributed by atoms with Crippen molar-refractivity contribution in [3.8, 4) is 0 Å². The maximum Gasteiger partial charge on any atom is 0.326 e. The molecule has 0 spiro atoms. The summed E-state index contributed by atoms with van der Waals surface area (Å²) in [4.78, 5) is 21.0. The number of hydrogen-bond acceptors (Lipinski definition) is 2. The van der Waals surface area contributed by atoms with Gasteiger partial charge in [0, 0.05) is 5.92 Å². The Morgan fingerprint density at radius 2 is 2.40 bits per heavy atom. The molecule has 2 N–H and O–H groups in total. The minimum absolute atomic E-state index is 0.152. The molecule has 1 aliphatic rings. The zero-order valence-corrected chi connectivity index (χ0v) is 5.63. The van der Waals surface area contributed by atoms with Crippen molar-refractivity contribution in [1.82, 2.24) is 5.32 Å². The van der Waals surface area contributed by atoms with Gasteiger partial charge in [-0.05, 0) is 6.42 Å². The number of aliphatic carboxylic acids is 1. The molecule has 1 rings (SSSR count). The van der Waals surface area contributed by atoms with E-state index < -0.39 is 12.0 Å². The van der Waals surface area contributed by atoms with E-state index in [0.29, 0.717) is 6.42 Å². The number of amides is 1. The molecule has 1 aliphatic heterocycles. The molecule has 1 heterocycles. The van der Waals surface area contributed by atoms with Gasteiger partial charge in [0.2, 0.25) is 5.91 Å². The third-order valence-electron chi connectivity index (χ3n) is 1.65. The number of carboxylic acids is 1. The second kappa shape index (κ2) is 2.28. The lowest BCUT2D eigenvalue weighted by atomic mass is 10.1. The Labute approximate surface area is 58.2 Å². The van der Waals surface area contributed by atoms with Crippen molar-refractivity contribution in [1.29, 1.82) is 0 Å². The van der Waals surface area contributed by atoms with E-state index in [-0.39, 0.29) is 11.8 Å². The summed E-state index contributed by atoms with van der Waals surface area (Å²) in [7, 11) is 0. The number of carbonyl (C=O) groups excluding carboxylic acids is 1. The predicted molar refractivity (Wildman–Crippen MR) is 33.3 cm³/mol. The third-order valence-corrected chi connectivity index (χ3v) is 1.65. The third kappa shape index (κ3) is 1.10. The fourth-order valence-electron chi connectivity index (χ4n) is 0.996. The van der Waals surface area contributed by atoms with Gasteiger partial charge < -0.3 is 10.4 Å². The number of carboxylic acid groups (broad SMARTS) is 1. The monoisotopic (exact) mass is 143 g/mol. The first kappa shape index (κ1) is 7.05. The van der Waals surface area contributed by atoms with Crippen LogP contribution in [0.4, 0.5) is 0 Å². The molecule has 0 saturated carbocycles. The molecule has 10 heavy (non-hydrogen) atoms. The van der Waals surface area contributed by atoms with Crippen LogP contribution in [0.15, 0.2) is 0 Å². The summed E-state index contributed by atoms with van der Waals surface area (Å²) in [6.07, 6.45) is 0.411. The van der Waals surface area contributed by atoms with Crippen LogP contribution in [0.3, 0.4) is 0 Å². The summed E-state index contributed by atoms with van der Waals surface area (Å²) in [5.74, 6) is -1.26. The molecular weight excluding hydrogens is 134 g/mol. The summed E-state index contributed by atoms with van der Waals surface area (Å²) in [6.45, 7) is 1.72. The normalized spacial score (nSPS) is 31.9. The van der Waals surface area contributed by atoms with Crippen molar-refractivity contribution in [2.75, 3.05) is 0 Å². The van der Waals surface area contributed by atoms with Crippen molar-refractivity contribution in [2.24, 2.45) is 5.92 Å². The molecule has 1 saturated heterocycles. The molecule has 0 unspecified atom stereocenters. The van der Waals surface area contributed by atoms with Gasteiger partial charge in [-0.3, -0.25) is 4.79 Å². The summed E-state index contributed by atoms with van der Waals surface area (Å²) < 4.78 is 0. The molecule has 0 aromatic rings. The van der Waals surface area contributed by atoms with E-state index in [1.807, 2.05) is 0 Å². The summed E-state index contributed by atoms with van der Waals surface area (Å²) in [6, 6.07) is -0.664. The highest BCUT2D eigenvalue weighted by atomic mass is 16.4. The lowest BCUT2D eigenvalue weighted by Crippen LogP contribution is -2.32. The molecule has 0 bridgehead atoms. The van der Waals surface area contributed by atoms with Crippen LogP contribution >= 0.6 is 0 Å². The van der Waals surface area contributed by atoms with E-state index in [4.69, 9.17) is 5.11 Å². The summed E-state index contributed by atoms with van der Waals surface area (Å²) in [5, 5.41) is 10.8. The highest BCUT2D eigenvalue weighted by Crippen LogP contribution is 2.13. The molecule has 56 valence electrons. The van der Waals surface area contributed by atoms with Crippen molar-refractivity contribution in [3.05, 3.63) is 0 Å². The van der Waals surface area contributed by atoms with E-state index in [2.05, 4.69) is 5.32 Å². The molecule has 2 atom stereocenters. The molecule has 1 amide bonds. The zero-order valence-electron chi connectivity index (χ0n) is 5.63. The van der Waals surface area contributed by atoms with Crippen molar-refractivity contribution < 1.29 is 14.7 Å². The second-order valence-electron chi connectivity index (χ2n) is 2.54. The average molecular weight is 143 g/mol. The Hall–Kier alpha value is -1.06. The van der Waals surface area contributed by atoms with E-state index >= 15 is 0 Å². The molecule has 0 aliphatic carbocycles. The first-order valence-corrected chi connectivity index (χ1v) is 3.14. The smallest absolute Gasteiger partial charge is 0.326 e. The largest absolute Gasteiger partial charge is 0.480 e. The topological polar surface area (TPSA) is 66.4 Å². The Kier molecular flexibility index (Phi) is 1.61. The first-order valence-electron chi connectivity index (χ1n) is 3.14. The molecule has 0 radical (unpaired) electrons. The molecule has 1 fully saturated rings. The second-order valence-corrected chi connectivity index (χ2v) is 2.54. The lowest BCUT2D eigenvalue weighted by Gasteiger charge is -1.99. The van der Waals surface area contributed by atoms with Gasteiger partial charge in [0.15, 0.2) is 0 Å². The average Bonchev–Trinajstić information content (AvgIpc) is 2.13. The quantitative estimate of drug-likeness (QED) is 0.524. The Bertz CT molecular complexity index is 178. The van der Waals surface area contributed by atoms with Crippen LogP contribution in [0.2, 0.25) is 0 Å². The fourth-order valence-corrected chi connectivity index (χ4v) is 0.996. The van der Waals surface area contributed by atoms with Crippen LogP contribution < -0.4 is 5.32 Å². The van der Waals surface area contributed by atoms with E-state index in [1.54, 1.807) is 6.92 Å². The Balaban J connectivity index is 2.57. The molecule has 0 aromatic heterocycles. The molecular formula is C6H9NO3. The number of rotatable bonds is 1. The number of carbonyl (C=O) groups is 2. The minimum atomic E-state index is -0.947. The van der Waals surface area contributed by atoms with Gasteiger partial charge in [0.25, 0.3) is 0 Å². The Morgan fingerprint density at radius 1 is 1.80 bits per heavy atom. The SMILES string of the molecule is C[C@H]1C[C@@H](C(=O)O)NC1=O.